The number of nitrogens with zero attached hydrogens (tertiary/aromatic N) is 2. The second-order valence-electron chi connectivity index (χ2n) is 9.05. The molecule has 5 heteroatoms. The van der Waals surface area contributed by atoms with Crippen molar-refractivity contribution in [3.63, 3.8) is 0 Å². The Labute approximate surface area is 212 Å². The molecule has 3 aromatic carbocycles. The second-order valence-corrected chi connectivity index (χ2v) is 10.1. The van der Waals surface area contributed by atoms with Crippen LogP contribution < -0.4 is 9.47 Å². The van der Waals surface area contributed by atoms with Gasteiger partial charge in [-0.3, -0.25) is 4.90 Å². The highest BCUT2D eigenvalue weighted by Gasteiger charge is 2.11. The van der Waals surface area contributed by atoms with Crippen LogP contribution in [0.15, 0.2) is 78.2 Å². The zero-order valence-electron chi connectivity index (χ0n) is 20.3. The standard InChI is InChI=1S/C30H32N2O2S/c1-23-31-27(22-35-23)21-34-29-12-8-24(9-13-29)20-26-6-2-3-7-30(26)25-10-14-28(15-11-25)33-19-18-32-16-4-5-17-32/h2-3,6-15,22H,4-5,16-21H2,1H3. The molecule has 35 heavy (non-hydrogen) atoms. The fourth-order valence-electron chi connectivity index (χ4n) is 4.54. The summed E-state index contributed by atoms with van der Waals surface area (Å²) < 4.78 is 11.9. The highest BCUT2D eigenvalue weighted by atomic mass is 32.1. The molecule has 1 aromatic heterocycles. The minimum atomic E-state index is 0.504. The summed E-state index contributed by atoms with van der Waals surface area (Å²) in [6.07, 6.45) is 3.51. The Morgan fingerprint density at radius 3 is 2.31 bits per heavy atom. The molecule has 0 amide bonds. The zero-order valence-corrected chi connectivity index (χ0v) is 21.1. The van der Waals surface area contributed by atoms with Crippen molar-refractivity contribution in [1.82, 2.24) is 9.88 Å². The highest BCUT2D eigenvalue weighted by molar-refractivity contribution is 7.09. The number of benzene rings is 3. The van der Waals surface area contributed by atoms with E-state index in [1.54, 1.807) is 11.3 Å². The van der Waals surface area contributed by atoms with E-state index < -0.39 is 0 Å². The predicted molar refractivity (Wildman–Crippen MR) is 143 cm³/mol. The first-order valence-electron chi connectivity index (χ1n) is 12.4. The average Bonchev–Trinajstić information content (AvgIpc) is 3.56. The van der Waals surface area contributed by atoms with Crippen LogP contribution in [0.2, 0.25) is 0 Å². The molecule has 0 N–H and O–H groups in total. The zero-order chi connectivity index (χ0) is 23.9. The van der Waals surface area contributed by atoms with Crippen molar-refractivity contribution >= 4 is 11.3 Å². The maximum atomic E-state index is 5.99. The van der Waals surface area contributed by atoms with Gasteiger partial charge in [0.25, 0.3) is 0 Å². The summed E-state index contributed by atoms with van der Waals surface area (Å²) in [5.74, 6) is 1.81. The number of aryl methyl sites for hydroxylation is 1. The Morgan fingerprint density at radius 1 is 0.857 bits per heavy atom. The van der Waals surface area contributed by atoms with Crippen LogP contribution in [0.4, 0.5) is 0 Å². The Morgan fingerprint density at radius 2 is 1.57 bits per heavy atom. The number of rotatable bonds is 10. The summed E-state index contributed by atoms with van der Waals surface area (Å²) in [6.45, 7) is 6.70. The SMILES string of the molecule is Cc1nc(COc2ccc(Cc3ccccc3-c3ccc(OCCN4CCCC4)cc3)cc2)cs1. The normalized spacial score (nSPS) is 13.7. The first-order valence-corrected chi connectivity index (χ1v) is 13.3. The Balaban J connectivity index is 1.19. The minimum absolute atomic E-state index is 0.504. The third-order valence-corrected chi connectivity index (χ3v) is 7.25. The predicted octanol–water partition coefficient (Wildman–Crippen LogP) is 6.76. The highest BCUT2D eigenvalue weighted by Crippen LogP contribution is 2.28. The van der Waals surface area contributed by atoms with Crippen molar-refractivity contribution in [3.05, 3.63) is 100 Å². The maximum absolute atomic E-state index is 5.99. The first kappa shape index (κ1) is 23.6. The van der Waals surface area contributed by atoms with Crippen LogP contribution in [0, 0.1) is 6.92 Å². The van der Waals surface area contributed by atoms with Gasteiger partial charge in [-0.05, 0) is 85.8 Å². The quantitative estimate of drug-likeness (QED) is 0.249. The lowest BCUT2D eigenvalue weighted by atomic mass is 9.95. The van der Waals surface area contributed by atoms with E-state index in [0.29, 0.717) is 6.61 Å². The van der Waals surface area contributed by atoms with Crippen LogP contribution in [-0.2, 0) is 13.0 Å². The van der Waals surface area contributed by atoms with Crippen molar-refractivity contribution < 1.29 is 9.47 Å². The van der Waals surface area contributed by atoms with E-state index >= 15 is 0 Å². The van der Waals surface area contributed by atoms with E-state index in [1.807, 2.05) is 24.4 Å². The molecule has 4 aromatic rings. The minimum Gasteiger partial charge on any atom is -0.492 e. The molecular formula is C30H32N2O2S. The molecule has 0 atom stereocenters. The van der Waals surface area contributed by atoms with Crippen LogP contribution in [0.25, 0.3) is 11.1 Å². The van der Waals surface area contributed by atoms with Gasteiger partial charge in [-0.25, -0.2) is 4.98 Å². The third kappa shape index (κ3) is 6.50. The molecule has 4 nitrogen and oxygen atoms in total. The molecule has 2 heterocycles. The number of hydrogen-bond acceptors (Lipinski definition) is 5. The smallest absolute Gasteiger partial charge is 0.131 e. The van der Waals surface area contributed by atoms with E-state index in [4.69, 9.17) is 9.47 Å². The van der Waals surface area contributed by atoms with Crippen LogP contribution in [0.3, 0.4) is 0 Å². The number of aromatic nitrogens is 1. The van der Waals surface area contributed by atoms with Gasteiger partial charge in [0, 0.05) is 11.9 Å². The Kier molecular flexibility index (Phi) is 7.76. The van der Waals surface area contributed by atoms with Gasteiger partial charge in [-0.2, -0.15) is 0 Å². The first-order chi connectivity index (χ1) is 17.2. The Bertz CT molecular complexity index is 1210. The van der Waals surface area contributed by atoms with Gasteiger partial charge in [0.2, 0.25) is 0 Å². The number of ether oxygens (including phenoxy) is 2. The monoisotopic (exact) mass is 484 g/mol. The van der Waals surface area contributed by atoms with Crippen LogP contribution in [0.5, 0.6) is 11.5 Å². The number of likely N-dealkylation sites (tertiary alicyclic amines) is 1. The van der Waals surface area contributed by atoms with E-state index in [2.05, 4.69) is 70.5 Å². The van der Waals surface area contributed by atoms with Crippen LogP contribution in [0.1, 0.15) is 34.7 Å². The molecule has 0 spiro atoms. The van der Waals surface area contributed by atoms with Crippen molar-refractivity contribution in [3.8, 4) is 22.6 Å². The molecule has 180 valence electrons. The summed E-state index contributed by atoms with van der Waals surface area (Å²) >= 11 is 1.65. The number of thiazole rings is 1. The van der Waals surface area contributed by atoms with E-state index in [1.165, 1.54) is 48.2 Å². The van der Waals surface area contributed by atoms with Gasteiger partial charge >= 0.3 is 0 Å². The van der Waals surface area contributed by atoms with Crippen molar-refractivity contribution in [1.29, 1.82) is 0 Å². The topological polar surface area (TPSA) is 34.6 Å². The molecule has 5 rings (SSSR count). The number of hydrogen-bond donors (Lipinski definition) is 0. The van der Waals surface area contributed by atoms with Crippen molar-refractivity contribution in [2.75, 3.05) is 26.2 Å². The second kappa shape index (κ2) is 11.5. The molecule has 1 aliphatic heterocycles. The van der Waals surface area contributed by atoms with Crippen molar-refractivity contribution in [2.45, 2.75) is 32.8 Å². The van der Waals surface area contributed by atoms with E-state index in [9.17, 15) is 0 Å². The molecule has 0 bridgehead atoms. The summed E-state index contributed by atoms with van der Waals surface area (Å²) in [6, 6.07) is 25.5. The van der Waals surface area contributed by atoms with Gasteiger partial charge in [0.15, 0.2) is 0 Å². The summed E-state index contributed by atoms with van der Waals surface area (Å²) in [5.41, 5.74) is 6.02. The summed E-state index contributed by atoms with van der Waals surface area (Å²) in [5, 5.41) is 3.12. The molecule has 1 saturated heterocycles. The molecule has 0 unspecified atom stereocenters. The fraction of sp³-hybridized carbons (Fsp3) is 0.300. The van der Waals surface area contributed by atoms with E-state index in [-0.39, 0.29) is 0 Å². The van der Waals surface area contributed by atoms with Crippen molar-refractivity contribution in [2.24, 2.45) is 0 Å². The lowest BCUT2D eigenvalue weighted by molar-refractivity contribution is 0.238. The third-order valence-electron chi connectivity index (χ3n) is 6.43. The molecule has 0 saturated carbocycles. The average molecular weight is 485 g/mol. The van der Waals surface area contributed by atoms with E-state index in [0.717, 1.165) is 41.8 Å². The molecule has 1 fully saturated rings. The van der Waals surface area contributed by atoms with Gasteiger partial charge in [0.05, 0.1) is 10.7 Å². The largest absolute Gasteiger partial charge is 0.492 e. The molecule has 1 aliphatic rings. The fourth-order valence-corrected chi connectivity index (χ4v) is 5.14. The molecular weight excluding hydrogens is 452 g/mol. The molecule has 0 aliphatic carbocycles. The summed E-state index contributed by atoms with van der Waals surface area (Å²) in [7, 11) is 0. The lowest BCUT2D eigenvalue weighted by Gasteiger charge is -2.15. The summed E-state index contributed by atoms with van der Waals surface area (Å²) in [4.78, 5) is 6.93. The Hall–Kier alpha value is -3.15. The lowest BCUT2D eigenvalue weighted by Crippen LogP contribution is -2.25. The van der Waals surface area contributed by atoms with Gasteiger partial charge < -0.3 is 9.47 Å². The molecule has 0 radical (unpaired) electrons. The van der Waals surface area contributed by atoms with Gasteiger partial charge in [0.1, 0.15) is 24.7 Å². The van der Waals surface area contributed by atoms with Gasteiger partial charge in [-0.1, -0.05) is 48.5 Å². The maximum Gasteiger partial charge on any atom is 0.131 e. The van der Waals surface area contributed by atoms with Crippen LogP contribution >= 0.6 is 11.3 Å². The van der Waals surface area contributed by atoms with Gasteiger partial charge in [-0.15, -0.1) is 11.3 Å². The van der Waals surface area contributed by atoms with Crippen LogP contribution in [-0.4, -0.2) is 36.1 Å².